The summed E-state index contributed by atoms with van der Waals surface area (Å²) in [5.41, 5.74) is 3.15. The lowest BCUT2D eigenvalue weighted by Crippen LogP contribution is -2.34. The van der Waals surface area contributed by atoms with Crippen molar-refractivity contribution in [3.8, 4) is 0 Å². The van der Waals surface area contributed by atoms with Crippen molar-refractivity contribution in [3.05, 3.63) is 71.0 Å². The Morgan fingerprint density at radius 3 is 2.71 bits per heavy atom. The molecule has 24 heavy (non-hydrogen) atoms. The summed E-state index contributed by atoms with van der Waals surface area (Å²) in [7, 11) is 0. The molecule has 0 radical (unpaired) electrons. The second kappa shape index (κ2) is 7.84. The highest BCUT2D eigenvalue weighted by atomic mass is 32.2. The van der Waals surface area contributed by atoms with E-state index in [9.17, 15) is 9.18 Å². The number of rotatable bonds is 3. The lowest BCUT2D eigenvalue weighted by molar-refractivity contribution is -0.130. The minimum Gasteiger partial charge on any atom is -0.342 e. The highest BCUT2D eigenvalue weighted by Gasteiger charge is 2.23. The average molecular weight is 343 g/mol. The molecule has 0 saturated carbocycles. The maximum absolute atomic E-state index is 13.8. The van der Waals surface area contributed by atoms with Gasteiger partial charge >= 0.3 is 0 Å². The maximum Gasteiger partial charge on any atom is 0.227 e. The van der Waals surface area contributed by atoms with Crippen LogP contribution in [-0.2, 0) is 11.2 Å². The molecule has 1 heterocycles. The molecule has 1 fully saturated rings. The van der Waals surface area contributed by atoms with Gasteiger partial charge in [0.25, 0.3) is 0 Å². The van der Waals surface area contributed by atoms with Crippen molar-refractivity contribution < 1.29 is 9.18 Å². The lowest BCUT2D eigenvalue weighted by Gasteiger charge is -2.21. The van der Waals surface area contributed by atoms with Crippen molar-refractivity contribution >= 4 is 17.7 Å². The molecule has 1 atom stereocenters. The topological polar surface area (TPSA) is 20.3 Å². The molecule has 1 aliphatic rings. The number of amides is 1. The second-order valence-corrected chi connectivity index (χ2v) is 7.46. The SMILES string of the molecule is Cc1ccccc1[C@H]1CCN(C(=O)Cc2ccccc2F)CCS1. The Kier molecular flexibility index (Phi) is 5.56. The van der Waals surface area contributed by atoms with Crippen molar-refractivity contribution in [3.63, 3.8) is 0 Å². The standard InChI is InChI=1S/C20H22FNOS/c1-15-6-2-4-8-17(15)19-10-11-22(12-13-24-19)20(23)14-16-7-3-5-9-18(16)21/h2-9,19H,10-14H2,1H3/t19-/m1/s1. The van der Waals surface area contributed by atoms with E-state index in [1.54, 1.807) is 18.2 Å². The fourth-order valence-corrected chi connectivity index (χ4v) is 4.46. The quantitative estimate of drug-likeness (QED) is 0.824. The first-order valence-electron chi connectivity index (χ1n) is 8.33. The van der Waals surface area contributed by atoms with Crippen LogP contribution in [0, 0.1) is 12.7 Å². The van der Waals surface area contributed by atoms with Crippen LogP contribution >= 0.6 is 11.8 Å². The third kappa shape index (κ3) is 3.99. The van der Waals surface area contributed by atoms with Crippen LogP contribution < -0.4 is 0 Å². The van der Waals surface area contributed by atoms with Crippen LogP contribution in [0.2, 0.25) is 0 Å². The summed E-state index contributed by atoms with van der Waals surface area (Å²) in [6.45, 7) is 3.61. The summed E-state index contributed by atoms with van der Waals surface area (Å²) in [4.78, 5) is 14.4. The fourth-order valence-electron chi connectivity index (χ4n) is 3.13. The molecule has 3 rings (SSSR count). The molecular formula is C20H22FNOS. The molecule has 1 saturated heterocycles. The third-order valence-corrected chi connectivity index (χ3v) is 5.84. The number of benzene rings is 2. The van der Waals surface area contributed by atoms with E-state index in [0.717, 1.165) is 25.3 Å². The van der Waals surface area contributed by atoms with Gasteiger partial charge in [-0.2, -0.15) is 11.8 Å². The first-order valence-corrected chi connectivity index (χ1v) is 9.38. The molecule has 0 bridgehead atoms. The van der Waals surface area contributed by atoms with Gasteiger partial charge in [0.2, 0.25) is 5.91 Å². The Hall–Kier alpha value is -1.81. The smallest absolute Gasteiger partial charge is 0.227 e. The van der Waals surface area contributed by atoms with Gasteiger partial charge < -0.3 is 4.90 Å². The van der Waals surface area contributed by atoms with Crippen LogP contribution in [0.5, 0.6) is 0 Å². The number of thioether (sulfide) groups is 1. The number of halogens is 1. The first-order chi connectivity index (χ1) is 11.6. The number of carbonyl (C=O) groups excluding carboxylic acids is 1. The van der Waals surface area contributed by atoms with Gasteiger partial charge in [0.1, 0.15) is 5.82 Å². The molecule has 1 aliphatic heterocycles. The molecule has 0 aromatic heterocycles. The van der Waals surface area contributed by atoms with Crippen LogP contribution in [0.4, 0.5) is 4.39 Å². The zero-order valence-corrected chi connectivity index (χ0v) is 14.7. The lowest BCUT2D eigenvalue weighted by atomic mass is 10.0. The number of hydrogen-bond donors (Lipinski definition) is 0. The molecular weight excluding hydrogens is 321 g/mol. The summed E-state index contributed by atoms with van der Waals surface area (Å²) in [5.74, 6) is 0.640. The Labute approximate surface area is 147 Å². The van der Waals surface area contributed by atoms with Gasteiger partial charge in [-0.1, -0.05) is 42.5 Å². The van der Waals surface area contributed by atoms with Gasteiger partial charge in [0.05, 0.1) is 6.42 Å². The van der Waals surface area contributed by atoms with E-state index < -0.39 is 0 Å². The summed E-state index contributed by atoms with van der Waals surface area (Å²) < 4.78 is 13.8. The fraction of sp³-hybridized carbons (Fsp3) is 0.350. The van der Waals surface area contributed by atoms with Crippen LogP contribution in [0.15, 0.2) is 48.5 Å². The summed E-state index contributed by atoms with van der Waals surface area (Å²) >= 11 is 1.91. The van der Waals surface area contributed by atoms with Crippen molar-refractivity contribution in [1.82, 2.24) is 4.90 Å². The Morgan fingerprint density at radius 1 is 1.17 bits per heavy atom. The molecule has 2 nitrogen and oxygen atoms in total. The van der Waals surface area contributed by atoms with Gasteiger partial charge in [-0.3, -0.25) is 4.79 Å². The average Bonchev–Trinajstić information content (AvgIpc) is 2.83. The Bertz CT molecular complexity index is 718. The zero-order valence-electron chi connectivity index (χ0n) is 13.9. The van der Waals surface area contributed by atoms with Crippen LogP contribution in [0.3, 0.4) is 0 Å². The van der Waals surface area contributed by atoms with Crippen molar-refractivity contribution in [2.45, 2.75) is 25.0 Å². The van der Waals surface area contributed by atoms with E-state index in [1.165, 1.54) is 17.2 Å². The van der Waals surface area contributed by atoms with Crippen LogP contribution in [0.1, 0.15) is 28.4 Å². The molecule has 2 aromatic rings. The van der Waals surface area contributed by atoms with E-state index >= 15 is 0 Å². The molecule has 2 aromatic carbocycles. The molecule has 0 unspecified atom stereocenters. The van der Waals surface area contributed by atoms with E-state index in [0.29, 0.717) is 10.8 Å². The van der Waals surface area contributed by atoms with E-state index in [-0.39, 0.29) is 18.1 Å². The van der Waals surface area contributed by atoms with Gasteiger partial charge in [0, 0.05) is 24.1 Å². The van der Waals surface area contributed by atoms with E-state index in [4.69, 9.17) is 0 Å². The second-order valence-electron chi connectivity index (χ2n) is 6.15. The van der Waals surface area contributed by atoms with Gasteiger partial charge in [0.15, 0.2) is 0 Å². The summed E-state index contributed by atoms with van der Waals surface area (Å²) in [5, 5.41) is 0.428. The number of aryl methyl sites for hydroxylation is 1. The Morgan fingerprint density at radius 2 is 1.92 bits per heavy atom. The largest absolute Gasteiger partial charge is 0.342 e. The molecule has 0 spiro atoms. The maximum atomic E-state index is 13.8. The van der Waals surface area contributed by atoms with Crippen LogP contribution in [0.25, 0.3) is 0 Å². The van der Waals surface area contributed by atoms with Gasteiger partial charge in [-0.25, -0.2) is 4.39 Å². The highest BCUT2D eigenvalue weighted by Crippen LogP contribution is 2.36. The molecule has 0 N–H and O–H groups in total. The summed E-state index contributed by atoms with van der Waals surface area (Å²) in [6, 6.07) is 15.0. The van der Waals surface area contributed by atoms with E-state index in [2.05, 4.69) is 31.2 Å². The predicted molar refractivity (Wildman–Crippen MR) is 97.7 cm³/mol. The third-order valence-electron chi connectivity index (χ3n) is 4.53. The first kappa shape index (κ1) is 17.0. The Balaban J connectivity index is 1.64. The van der Waals surface area contributed by atoms with Gasteiger partial charge in [-0.15, -0.1) is 0 Å². The van der Waals surface area contributed by atoms with Crippen molar-refractivity contribution in [2.24, 2.45) is 0 Å². The molecule has 0 aliphatic carbocycles. The monoisotopic (exact) mass is 343 g/mol. The van der Waals surface area contributed by atoms with Crippen molar-refractivity contribution in [2.75, 3.05) is 18.8 Å². The number of carbonyl (C=O) groups is 1. The molecule has 1 amide bonds. The van der Waals surface area contributed by atoms with Crippen LogP contribution in [-0.4, -0.2) is 29.6 Å². The number of nitrogens with zero attached hydrogens (tertiary/aromatic N) is 1. The zero-order chi connectivity index (χ0) is 16.9. The highest BCUT2D eigenvalue weighted by molar-refractivity contribution is 7.99. The van der Waals surface area contributed by atoms with Crippen molar-refractivity contribution in [1.29, 1.82) is 0 Å². The summed E-state index contributed by atoms with van der Waals surface area (Å²) in [6.07, 6.45) is 1.09. The predicted octanol–water partition coefficient (Wildman–Crippen LogP) is 4.38. The minimum absolute atomic E-state index is 0.0196. The number of hydrogen-bond acceptors (Lipinski definition) is 2. The normalized spacial score (nSPS) is 18.2. The van der Waals surface area contributed by atoms with E-state index in [1.807, 2.05) is 16.7 Å². The molecule has 4 heteroatoms. The minimum atomic E-state index is -0.298. The van der Waals surface area contributed by atoms with Gasteiger partial charge in [-0.05, 0) is 36.1 Å². The molecule has 126 valence electrons.